The highest BCUT2D eigenvalue weighted by Gasteiger charge is 2.32. The van der Waals surface area contributed by atoms with Gasteiger partial charge in [0.05, 0.1) is 11.3 Å². The second-order valence-corrected chi connectivity index (χ2v) is 6.93. The monoisotopic (exact) mass is 359 g/mol. The number of nitrogens with zero attached hydrogens (tertiary/aromatic N) is 2. The lowest BCUT2D eigenvalue weighted by Gasteiger charge is -2.17. The summed E-state index contributed by atoms with van der Waals surface area (Å²) in [6.07, 6.45) is 4.19. The van der Waals surface area contributed by atoms with Gasteiger partial charge >= 0.3 is 5.89 Å². The fourth-order valence-corrected chi connectivity index (χ4v) is 4.14. The van der Waals surface area contributed by atoms with Crippen LogP contribution in [0, 0.1) is 0 Å². The first-order valence-electron chi connectivity index (χ1n) is 9.70. The number of rotatable bonds is 3. The van der Waals surface area contributed by atoms with Crippen molar-refractivity contribution < 1.29 is 13.7 Å². The Morgan fingerprint density at radius 3 is 2.67 bits per heavy atom. The van der Waals surface area contributed by atoms with Gasteiger partial charge < -0.3 is 14.1 Å². The molecule has 2 aromatic carbocycles. The van der Waals surface area contributed by atoms with Gasteiger partial charge in [-0.05, 0) is 51.0 Å². The van der Waals surface area contributed by atoms with Crippen molar-refractivity contribution in [2.24, 2.45) is 0 Å². The van der Waals surface area contributed by atoms with Crippen LogP contribution in [0.5, 0.6) is 5.75 Å². The first kappa shape index (κ1) is 16.2. The normalized spacial score (nSPS) is 18.7. The zero-order valence-corrected chi connectivity index (χ0v) is 15.7. The molecule has 4 heteroatoms. The predicted molar refractivity (Wildman–Crippen MR) is 106 cm³/mol. The minimum atomic E-state index is 0.888. The average Bonchev–Trinajstić information content (AvgIpc) is 3.41. The second kappa shape index (κ2) is 6.31. The van der Waals surface area contributed by atoms with Gasteiger partial charge in [0.2, 0.25) is 11.5 Å². The first-order valence-corrected chi connectivity index (χ1v) is 9.70. The number of hydrogen-bond acceptors (Lipinski definition) is 3. The number of ether oxygens (including phenoxy) is 1. The molecule has 2 heterocycles. The number of oxazole rings is 1. The summed E-state index contributed by atoms with van der Waals surface area (Å²) in [5, 5.41) is 0. The van der Waals surface area contributed by atoms with Gasteiger partial charge in [-0.25, -0.2) is 0 Å². The van der Waals surface area contributed by atoms with E-state index in [1.165, 1.54) is 11.1 Å². The molecular weight excluding hydrogens is 336 g/mol. The van der Waals surface area contributed by atoms with E-state index in [4.69, 9.17) is 9.15 Å². The number of anilines is 1. The number of allylic oxidation sites excluding steroid dienone is 3. The molecule has 0 atom stereocenters. The van der Waals surface area contributed by atoms with Crippen molar-refractivity contribution >= 4 is 22.4 Å². The number of aromatic nitrogens is 1. The molecule has 0 saturated heterocycles. The first-order chi connectivity index (χ1) is 13.3. The molecular formula is C23H23N2O2+. The summed E-state index contributed by atoms with van der Waals surface area (Å²) in [6.45, 7) is 6.10. The molecule has 0 unspecified atom stereocenters. The van der Waals surface area contributed by atoms with E-state index in [-0.39, 0.29) is 0 Å². The lowest BCUT2D eigenvalue weighted by molar-refractivity contribution is -0.675. The largest absolute Gasteiger partial charge is 0.438 e. The maximum Gasteiger partial charge on any atom is 0.377 e. The minimum Gasteiger partial charge on any atom is -0.438 e. The van der Waals surface area contributed by atoms with E-state index in [0.717, 1.165) is 60.2 Å². The molecule has 27 heavy (non-hydrogen) atoms. The van der Waals surface area contributed by atoms with Crippen LogP contribution in [0.25, 0.3) is 16.7 Å². The summed E-state index contributed by atoms with van der Waals surface area (Å²) >= 11 is 0. The van der Waals surface area contributed by atoms with Crippen LogP contribution in [0.3, 0.4) is 0 Å². The summed E-state index contributed by atoms with van der Waals surface area (Å²) in [6, 6.07) is 16.5. The van der Waals surface area contributed by atoms with Crippen LogP contribution in [0.1, 0.15) is 32.6 Å². The Hall–Kier alpha value is -3.01. The molecule has 1 aromatic heterocycles. The molecule has 136 valence electrons. The summed E-state index contributed by atoms with van der Waals surface area (Å²) in [5.74, 6) is 2.87. The molecule has 0 spiro atoms. The van der Waals surface area contributed by atoms with E-state index < -0.39 is 0 Å². The Morgan fingerprint density at radius 2 is 1.81 bits per heavy atom. The third kappa shape index (κ3) is 2.47. The Balaban J connectivity index is 1.59. The average molecular weight is 359 g/mol. The van der Waals surface area contributed by atoms with Gasteiger partial charge in [0.25, 0.3) is 5.52 Å². The Bertz CT molecular complexity index is 1090. The van der Waals surface area contributed by atoms with Crippen molar-refractivity contribution in [3.05, 3.63) is 72.0 Å². The molecule has 0 bridgehead atoms. The Labute approximate surface area is 159 Å². The molecule has 0 N–H and O–H groups in total. The number of fused-ring (bicyclic) bond motifs is 2. The third-order valence-electron chi connectivity index (χ3n) is 5.41. The molecule has 0 fully saturated rings. The molecule has 3 aromatic rings. The highest BCUT2D eigenvalue weighted by Crippen LogP contribution is 2.42. The van der Waals surface area contributed by atoms with E-state index >= 15 is 0 Å². The fraction of sp³-hybridized carbons (Fsp3) is 0.261. The molecule has 0 saturated carbocycles. The van der Waals surface area contributed by atoms with Crippen LogP contribution in [0.4, 0.5) is 5.69 Å². The van der Waals surface area contributed by atoms with E-state index in [1.807, 2.05) is 24.3 Å². The summed E-state index contributed by atoms with van der Waals surface area (Å²) in [5.41, 5.74) is 5.72. The summed E-state index contributed by atoms with van der Waals surface area (Å²) in [4.78, 5) is 2.26. The highest BCUT2D eigenvalue weighted by atomic mass is 16.5. The highest BCUT2D eigenvalue weighted by molar-refractivity contribution is 5.74. The second-order valence-electron chi connectivity index (χ2n) is 6.93. The van der Waals surface area contributed by atoms with Crippen molar-refractivity contribution in [1.82, 2.24) is 0 Å². The lowest BCUT2D eigenvalue weighted by Crippen LogP contribution is -2.34. The van der Waals surface area contributed by atoms with Crippen LogP contribution in [0.15, 0.2) is 70.5 Å². The Morgan fingerprint density at radius 1 is 1.00 bits per heavy atom. The zero-order valence-electron chi connectivity index (χ0n) is 15.7. The maximum atomic E-state index is 6.22. The van der Waals surface area contributed by atoms with E-state index in [9.17, 15) is 0 Å². The number of hydrogen-bond donors (Lipinski definition) is 0. The van der Waals surface area contributed by atoms with Crippen LogP contribution in [0.2, 0.25) is 0 Å². The van der Waals surface area contributed by atoms with E-state index in [0.29, 0.717) is 0 Å². The van der Waals surface area contributed by atoms with Gasteiger partial charge in [0, 0.05) is 18.2 Å². The fourth-order valence-electron chi connectivity index (χ4n) is 4.14. The van der Waals surface area contributed by atoms with Crippen LogP contribution < -0.4 is 14.2 Å². The van der Waals surface area contributed by atoms with Crippen molar-refractivity contribution in [3.63, 3.8) is 0 Å². The molecule has 2 aliphatic rings. The van der Waals surface area contributed by atoms with Crippen molar-refractivity contribution in [3.8, 4) is 5.75 Å². The minimum absolute atomic E-state index is 0.888. The van der Waals surface area contributed by atoms with Gasteiger partial charge in [-0.3, -0.25) is 0 Å². The van der Waals surface area contributed by atoms with E-state index in [1.54, 1.807) is 0 Å². The van der Waals surface area contributed by atoms with Gasteiger partial charge in [-0.1, -0.05) is 24.3 Å². The van der Waals surface area contributed by atoms with E-state index in [2.05, 4.69) is 53.7 Å². The number of para-hydroxylation sites is 4. The van der Waals surface area contributed by atoms with Crippen molar-refractivity contribution in [1.29, 1.82) is 0 Å². The SMILES string of the molecule is CCN1C(=C2C=C(c3oc4ccccc4[n+]3CC)CC2)Oc2ccccc21. The topological polar surface area (TPSA) is 29.5 Å². The van der Waals surface area contributed by atoms with Gasteiger partial charge in [0.1, 0.15) is 6.54 Å². The smallest absolute Gasteiger partial charge is 0.377 e. The molecule has 4 nitrogen and oxygen atoms in total. The van der Waals surface area contributed by atoms with Crippen LogP contribution in [-0.4, -0.2) is 6.54 Å². The molecule has 0 radical (unpaired) electrons. The number of benzene rings is 2. The van der Waals surface area contributed by atoms with Gasteiger partial charge in [-0.2, -0.15) is 4.57 Å². The van der Waals surface area contributed by atoms with Crippen LogP contribution in [-0.2, 0) is 6.54 Å². The third-order valence-corrected chi connectivity index (χ3v) is 5.41. The molecule has 1 aliphatic carbocycles. The molecule has 1 aliphatic heterocycles. The van der Waals surface area contributed by atoms with Gasteiger partial charge in [0.15, 0.2) is 5.75 Å². The van der Waals surface area contributed by atoms with Crippen molar-refractivity contribution in [2.75, 3.05) is 11.4 Å². The quantitative estimate of drug-likeness (QED) is 0.613. The van der Waals surface area contributed by atoms with Gasteiger partial charge in [-0.15, -0.1) is 0 Å². The summed E-state index contributed by atoms with van der Waals surface area (Å²) < 4.78 is 14.7. The number of aryl methyl sites for hydroxylation is 1. The van der Waals surface area contributed by atoms with Crippen LogP contribution >= 0.6 is 0 Å². The molecule has 0 amide bonds. The predicted octanol–water partition coefficient (Wildman–Crippen LogP) is 5.05. The lowest BCUT2D eigenvalue weighted by atomic mass is 10.2. The zero-order chi connectivity index (χ0) is 18.4. The van der Waals surface area contributed by atoms with Crippen molar-refractivity contribution in [2.45, 2.75) is 33.2 Å². The summed E-state index contributed by atoms with van der Waals surface area (Å²) in [7, 11) is 0. The molecule has 5 rings (SSSR count). The maximum absolute atomic E-state index is 6.22. The Kier molecular flexibility index (Phi) is 3.78. The standard InChI is InChI=1S/C23H23N2O2/c1-3-24-18-9-5-7-11-20(18)26-22(24)16-13-14-17(15-16)23-25(4-2)19-10-6-8-12-21(19)27-23/h5-12,15H,3-4,13-14H2,1-2H3/q+1.